The van der Waals surface area contributed by atoms with E-state index >= 15 is 0 Å². The van der Waals surface area contributed by atoms with Crippen molar-refractivity contribution < 1.29 is 117 Å². The van der Waals surface area contributed by atoms with Gasteiger partial charge in [-0.25, -0.2) is 9.59 Å². The summed E-state index contributed by atoms with van der Waals surface area (Å²) < 4.78 is 165. The Labute approximate surface area is 495 Å². The van der Waals surface area contributed by atoms with Gasteiger partial charge in [-0.2, -0.15) is 52.7 Å². The Kier molecular flexibility index (Phi) is 25.8. The van der Waals surface area contributed by atoms with Gasteiger partial charge in [-0.15, -0.1) is 0 Å². The number of rotatable bonds is 17. The van der Waals surface area contributed by atoms with E-state index in [1.54, 1.807) is 42.3 Å². The number of carbonyl (C=O) groups excluding carboxylic acids is 4. The van der Waals surface area contributed by atoms with Crippen molar-refractivity contribution in [2.75, 3.05) is 75.2 Å². The number of hydrogen-bond donors (Lipinski definition) is 6. The Morgan fingerprint density at radius 1 is 0.607 bits per heavy atom. The minimum Gasteiger partial charge on any atom is -0.542 e. The first-order valence-electron chi connectivity index (χ1n) is 26.0. The molecule has 0 aliphatic carbocycles. The first-order chi connectivity index (χ1) is 40.6. The van der Waals surface area contributed by atoms with Crippen molar-refractivity contribution >= 4 is 35.1 Å². The maximum atomic E-state index is 13.6. The molecule has 2 aliphatic rings. The molecule has 25 nitrogen and oxygen atoms in total. The summed E-state index contributed by atoms with van der Waals surface area (Å²) in [5, 5.41) is 61.1. The number of carboxylic acids is 2. The van der Waals surface area contributed by atoms with Crippen molar-refractivity contribution in [1.82, 2.24) is 37.9 Å². The van der Waals surface area contributed by atoms with Gasteiger partial charge < -0.3 is 65.1 Å². The summed E-state index contributed by atoms with van der Waals surface area (Å²) in [4.78, 5) is 93.2. The zero-order chi connectivity index (χ0) is 68.3. The molecular formula is C52H64F12N8O17. The van der Waals surface area contributed by atoms with Crippen LogP contribution in [0.5, 0.6) is 0 Å². The van der Waals surface area contributed by atoms with Gasteiger partial charge in [-0.3, -0.25) is 46.4 Å². The van der Waals surface area contributed by atoms with Crippen LogP contribution in [0.1, 0.15) is 74.7 Å². The van der Waals surface area contributed by atoms with Crippen LogP contribution in [0.2, 0.25) is 0 Å². The normalized spacial score (nSPS) is 18.8. The molecule has 2 fully saturated rings. The molecule has 2 aromatic heterocycles. The Hall–Kier alpha value is -7.52. The molecule has 0 spiro atoms. The summed E-state index contributed by atoms with van der Waals surface area (Å²) in [5.41, 5.74) is -4.02. The Balaban J connectivity index is 0.000000383. The number of aryl methyl sites for hydroxylation is 2. The second-order valence-corrected chi connectivity index (χ2v) is 21.3. The van der Waals surface area contributed by atoms with Crippen LogP contribution in [0.15, 0.2) is 68.0 Å². The van der Waals surface area contributed by atoms with Crippen LogP contribution in [-0.4, -0.2) is 175 Å². The molecule has 2 saturated heterocycles. The number of benzene rings is 2. The van der Waals surface area contributed by atoms with E-state index in [4.69, 9.17) is 34.0 Å². The molecule has 0 radical (unpaired) electrons. The fraction of sp³-hybridized carbons (Fsp3) is 0.538. The van der Waals surface area contributed by atoms with Gasteiger partial charge in [0.05, 0.1) is 74.8 Å². The van der Waals surface area contributed by atoms with Gasteiger partial charge in [0.15, 0.2) is 6.29 Å². The lowest BCUT2D eigenvalue weighted by molar-refractivity contribution is -0.344. The van der Waals surface area contributed by atoms with Gasteiger partial charge in [0, 0.05) is 79.3 Å². The number of hydrogen-bond acceptors (Lipinski definition) is 17. The molecule has 89 heavy (non-hydrogen) atoms. The van der Waals surface area contributed by atoms with E-state index in [1.165, 1.54) is 55.1 Å². The van der Waals surface area contributed by atoms with Crippen LogP contribution in [-0.2, 0) is 49.2 Å². The van der Waals surface area contributed by atoms with E-state index in [0.29, 0.717) is 0 Å². The van der Waals surface area contributed by atoms with Gasteiger partial charge in [0.2, 0.25) is 0 Å². The van der Waals surface area contributed by atoms with Crippen molar-refractivity contribution in [3.8, 4) is 0 Å². The van der Waals surface area contributed by atoms with Gasteiger partial charge in [-0.05, 0) is 44.5 Å². The van der Waals surface area contributed by atoms with Crippen LogP contribution in [0.4, 0.5) is 64.1 Å². The molecule has 498 valence electrons. The van der Waals surface area contributed by atoms with Crippen molar-refractivity contribution in [2.45, 2.75) is 108 Å². The smallest absolute Gasteiger partial charge is 0.430 e. The van der Waals surface area contributed by atoms with E-state index in [-0.39, 0.29) is 101 Å². The minimum absolute atomic E-state index is 0.00551. The van der Waals surface area contributed by atoms with E-state index < -0.39 is 126 Å². The van der Waals surface area contributed by atoms with Gasteiger partial charge >= 0.3 is 36.1 Å². The third kappa shape index (κ3) is 21.3. The molecule has 4 heterocycles. The van der Waals surface area contributed by atoms with Crippen molar-refractivity contribution in [3.05, 3.63) is 124 Å². The number of quaternary nitrogens is 2. The first-order valence-corrected chi connectivity index (χ1v) is 26.0. The van der Waals surface area contributed by atoms with Crippen LogP contribution in [0.25, 0.3) is 0 Å². The zero-order valence-corrected chi connectivity index (χ0v) is 48.5. The number of halogens is 12. The molecule has 2 aliphatic heterocycles. The van der Waals surface area contributed by atoms with E-state index in [9.17, 15) is 102 Å². The molecule has 0 unspecified atom stereocenters. The molecule has 6 atom stereocenters. The second-order valence-electron chi connectivity index (χ2n) is 21.3. The molecule has 37 heteroatoms. The molecule has 4 aromatic rings. The number of alkyl halides is 12. The van der Waals surface area contributed by atoms with Gasteiger partial charge in [-0.1, -0.05) is 0 Å². The number of carboxylic acid groups (broad SMARTS) is 2. The van der Waals surface area contributed by atoms with Gasteiger partial charge in [0.1, 0.15) is 59.1 Å². The topological polar surface area (TPSA) is 335 Å². The number of aliphatic carboxylic acids is 2. The Morgan fingerprint density at radius 3 is 1.34 bits per heavy atom. The van der Waals surface area contributed by atoms with Crippen molar-refractivity contribution in [1.29, 1.82) is 0 Å². The highest BCUT2D eigenvalue weighted by molar-refractivity contribution is 5.95. The summed E-state index contributed by atoms with van der Waals surface area (Å²) in [5.74, 6) is -7.43. The summed E-state index contributed by atoms with van der Waals surface area (Å²) in [6.45, 7) is 2.33. The molecule has 2 amide bonds. The SMILES string of the molecule is Cc1cn([C@H]2C[C@H](O)[C@@H](CO)O2)c(=O)n(CCOCCNC(=O)c2ccc([N+](C)(C)C)c(C(F)(F)F)c2)c1=O.Cc1cn([C@H]2C[C@H](O)[C@@H](O)O2)c(=O)n(CCCNC(=O)c2ccc([N+](C)(C)C)c(C(F)(F)F)c2)c1=O.O=C([O-])C(F)(F)F.O=C([O-])C(F)(F)F. The van der Waals surface area contributed by atoms with Crippen LogP contribution in [0.3, 0.4) is 0 Å². The van der Waals surface area contributed by atoms with E-state index in [2.05, 4.69) is 10.6 Å². The van der Waals surface area contributed by atoms with E-state index in [0.717, 1.165) is 25.8 Å². The average Bonchev–Trinajstić information content (AvgIpc) is 1.98. The summed E-state index contributed by atoms with van der Waals surface area (Å²) in [7, 11) is 9.57. The number of nitrogens with one attached hydrogen (secondary N) is 2. The fourth-order valence-electron chi connectivity index (χ4n) is 8.30. The van der Waals surface area contributed by atoms with Crippen LogP contribution in [0, 0.1) is 13.8 Å². The first kappa shape index (κ1) is 75.7. The average molecular weight is 1300 g/mol. The van der Waals surface area contributed by atoms with E-state index in [1.807, 2.05) is 0 Å². The van der Waals surface area contributed by atoms with Crippen molar-refractivity contribution in [2.24, 2.45) is 0 Å². The molecule has 0 bridgehead atoms. The maximum absolute atomic E-state index is 13.6. The van der Waals surface area contributed by atoms with Crippen LogP contribution < -0.4 is 52.3 Å². The Bertz CT molecular complexity index is 3350. The number of aliphatic hydroxyl groups excluding tert-OH is 4. The quantitative estimate of drug-likeness (QED) is 0.0466. The number of ether oxygens (including phenoxy) is 3. The molecule has 0 saturated carbocycles. The fourth-order valence-corrected chi connectivity index (χ4v) is 8.30. The minimum atomic E-state index is -5.19. The predicted molar refractivity (Wildman–Crippen MR) is 282 cm³/mol. The monoisotopic (exact) mass is 1300 g/mol. The Morgan fingerprint density at radius 2 is 0.989 bits per heavy atom. The molecule has 6 N–H and O–H groups in total. The van der Waals surface area contributed by atoms with Gasteiger partial charge in [0.25, 0.3) is 22.9 Å². The summed E-state index contributed by atoms with van der Waals surface area (Å²) in [6, 6.07) is 6.82. The molecular weight excluding hydrogens is 1240 g/mol. The number of carbonyl (C=O) groups is 4. The molecule has 6 rings (SSSR count). The van der Waals surface area contributed by atoms with Crippen molar-refractivity contribution in [3.63, 3.8) is 0 Å². The number of aromatic nitrogens is 4. The lowest BCUT2D eigenvalue weighted by atomic mass is 10.1. The lowest BCUT2D eigenvalue weighted by Crippen LogP contribution is -2.43. The molecule has 2 aromatic carbocycles. The lowest BCUT2D eigenvalue weighted by Gasteiger charge is -2.27. The number of nitrogens with zero attached hydrogens (tertiary/aromatic N) is 6. The second kappa shape index (κ2) is 30.3. The summed E-state index contributed by atoms with van der Waals surface area (Å²) >= 11 is 0. The largest absolute Gasteiger partial charge is 0.542 e. The number of aliphatic hydroxyl groups is 4. The highest BCUT2D eigenvalue weighted by atomic mass is 19.4. The maximum Gasteiger partial charge on any atom is 0.430 e. The zero-order valence-electron chi connectivity index (χ0n) is 48.5. The third-order valence-corrected chi connectivity index (χ3v) is 12.7. The summed E-state index contributed by atoms with van der Waals surface area (Å²) in [6.07, 6.45) is -23.1. The highest BCUT2D eigenvalue weighted by Gasteiger charge is 2.41. The predicted octanol–water partition coefficient (Wildman–Crippen LogP) is 0.171. The van der Waals surface area contributed by atoms with Crippen LogP contribution >= 0.6 is 0 Å². The number of amides is 2. The standard InChI is InChI=1S/C25H33F3N4O7.C23H29F3N4O6.2C2HF3O2/c1-15-13-31(21-12-19(34)20(14-33)39-21)24(37)30(23(15)36)8-10-38-9-7-29-22(35)16-5-6-18(32(2,3)4)17(11-16)25(26,27)28;1-13-12-29(18-11-17(31)21(34)36-18)22(35)28(20(13)33)9-5-8-27-19(32)14-6-7-16(30(2,3)4)15(10-14)23(24,25)26;2*3-2(4,5)1(6)7/h5-6,11,13,19-21,33-34H,7-10,12,14H2,1-4H3;6-7,10,12,17-18,21,31,34H,5,8-9,11H2,1-4H3;2*(H,6,7)/t19-,20+,21+;17-,18+,21-;;/m00../s1. The highest BCUT2D eigenvalue weighted by Crippen LogP contribution is 2.40. The third-order valence-electron chi connectivity index (χ3n) is 12.7.